The van der Waals surface area contributed by atoms with Gasteiger partial charge >= 0.3 is 5.97 Å². The lowest BCUT2D eigenvalue weighted by atomic mass is 9.86. The monoisotopic (exact) mass is 642 g/mol. The van der Waals surface area contributed by atoms with Gasteiger partial charge in [-0.3, -0.25) is 4.79 Å². The Balaban J connectivity index is 1.42. The van der Waals surface area contributed by atoms with Crippen LogP contribution in [0.3, 0.4) is 0 Å². The minimum Gasteiger partial charge on any atom is -0.511 e. The van der Waals surface area contributed by atoms with Crippen molar-refractivity contribution in [3.63, 3.8) is 0 Å². The number of hydrogen-bond acceptors (Lipinski definition) is 8. The summed E-state index contributed by atoms with van der Waals surface area (Å²) in [6, 6.07) is 10.5. The van der Waals surface area contributed by atoms with Crippen molar-refractivity contribution in [1.82, 2.24) is 5.32 Å². The van der Waals surface area contributed by atoms with Crippen molar-refractivity contribution in [2.24, 2.45) is 26.8 Å². The second-order valence-corrected chi connectivity index (χ2v) is 13.5. The molecule has 1 unspecified atom stereocenters. The van der Waals surface area contributed by atoms with Crippen LogP contribution in [0.2, 0.25) is 0 Å². The van der Waals surface area contributed by atoms with E-state index in [1.54, 1.807) is 6.92 Å². The molecule has 0 radical (unpaired) electrons. The molecule has 3 N–H and O–H groups in total. The standard InChI is InChI=1S/C40H42N4O4/c1-20-26(13-12-25-10-8-7-9-11-25)33-18-32-23(4)38-35(46)16-28(40(38)44-32)39-27(14-15-36(47)48-6)21(2)30(43-39)17-31-22(3)37(24(5)45)34(42-31)19-29(20)41-33/h7-11,17-19,21,24,27,43,45-46H,12-16H2,1-6H3/t21-,24?,27-/m0/s1. The molecule has 5 heterocycles. The Morgan fingerprint density at radius 1 is 0.979 bits per heavy atom. The maximum Gasteiger partial charge on any atom is 0.305 e. The SMILES string of the molecule is COC(=O)CC[C@@H]1C2=C3CC(O)=C4C3=NC(=C4C)C=C3N=C(C=C4N=C(C=C(N2)[C@H]1C)C(C)=C4C(C)O)C(C)=C3CCc1ccccc1. The van der Waals surface area contributed by atoms with Crippen LogP contribution < -0.4 is 5.32 Å². The number of aliphatic hydroxyl groups excluding tert-OH is 2. The van der Waals surface area contributed by atoms with Crippen LogP contribution >= 0.6 is 0 Å². The molecule has 1 aromatic carbocycles. The van der Waals surface area contributed by atoms with E-state index in [1.807, 2.05) is 26.0 Å². The summed E-state index contributed by atoms with van der Waals surface area (Å²) < 4.78 is 5.00. The van der Waals surface area contributed by atoms with E-state index in [0.29, 0.717) is 24.3 Å². The first-order chi connectivity index (χ1) is 23.0. The van der Waals surface area contributed by atoms with Crippen LogP contribution in [-0.4, -0.2) is 46.5 Å². The zero-order valence-electron chi connectivity index (χ0n) is 28.4. The lowest BCUT2D eigenvalue weighted by molar-refractivity contribution is -0.140. The number of nitrogens with zero attached hydrogens (tertiary/aromatic N) is 3. The highest BCUT2D eigenvalue weighted by Crippen LogP contribution is 2.46. The first-order valence-electron chi connectivity index (χ1n) is 16.8. The summed E-state index contributed by atoms with van der Waals surface area (Å²) in [4.78, 5) is 27.7. The summed E-state index contributed by atoms with van der Waals surface area (Å²) in [5.74, 6) is 0.0699. The first kappa shape index (κ1) is 31.8. The normalized spacial score (nSPS) is 23.7. The molecule has 6 aliphatic rings. The Bertz CT molecular complexity index is 1990. The van der Waals surface area contributed by atoms with Crippen LogP contribution in [0.1, 0.15) is 65.9 Å². The van der Waals surface area contributed by atoms with Crippen molar-refractivity contribution in [3.8, 4) is 0 Å². The van der Waals surface area contributed by atoms with Gasteiger partial charge in [-0.05, 0) is 93.0 Å². The van der Waals surface area contributed by atoms with Gasteiger partial charge in [-0.2, -0.15) is 0 Å². The number of rotatable bonds is 7. The number of nitrogens with one attached hydrogen (secondary N) is 1. The molecule has 0 saturated carbocycles. The summed E-state index contributed by atoms with van der Waals surface area (Å²) in [7, 11) is 1.41. The molecule has 8 nitrogen and oxygen atoms in total. The zero-order valence-corrected chi connectivity index (χ0v) is 28.4. The van der Waals surface area contributed by atoms with Crippen molar-refractivity contribution >= 4 is 23.1 Å². The number of hydrogen-bond donors (Lipinski definition) is 3. The number of aliphatic hydroxyl groups is 2. The molecule has 1 aromatic rings. The quantitative estimate of drug-likeness (QED) is 0.272. The zero-order chi connectivity index (χ0) is 33.9. The van der Waals surface area contributed by atoms with Crippen LogP contribution in [-0.2, 0) is 16.0 Å². The molecule has 1 aliphatic carbocycles. The number of carbonyl (C=O) groups is 1. The van der Waals surface area contributed by atoms with Crippen LogP contribution in [0.15, 0.2) is 137 Å². The second-order valence-electron chi connectivity index (χ2n) is 13.5. The molecule has 5 aliphatic heterocycles. The van der Waals surface area contributed by atoms with E-state index in [2.05, 4.69) is 55.6 Å². The topological polar surface area (TPSA) is 116 Å². The van der Waals surface area contributed by atoms with Gasteiger partial charge in [0, 0.05) is 52.8 Å². The van der Waals surface area contributed by atoms with Gasteiger partial charge in [0.1, 0.15) is 5.76 Å². The fourth-order valence-electron chi connectivity index (χ4n) is 7.81. The molecule has 1 saturated heterocycles. The number of fused-ring (bicyclic) bond motifs is 5. The fourth-order valence-corrected chi connectivity index (χ4v) is 7.81. The highest BCUT2D eigenvalue weighted by molar-refractivity contribution is 6.21. The second kappa shape index (κ2) is 12.3. The molecule has 0 aromatic heterocycles. The predicted molar refractivity (Wildman–Crippen MR) is 189 cm³/mol. The maximum absolute atomic E-state index is 12.3. The molecule has 7 rings (SSSR count). The Labute approximate surface area is 281 Å². The summed E-state index contributed by atoms with van der Waals surface area (Å²) in [5, 5.41) is 26.0. The average Bonchev–Trinajstić information content (AvgIpc) is 3.82. The van der Waals surface area contributed by atoms with Crippen molar-refractivity contribution in [3.05, 3.63) is 127 Å². The lowest BCUT2D eigenvalue weighted by Crippen LogP contribution is -2.16. The highest BCUT2D eigenvalue weighted by atomic mass is 16.5. The van der Waals surface area contributed by atoms with Crippen molar-refractivity contribution in [1.29, 1.82) is 0 Å². The van der Waals surface area contributed by atoms with E-state index in [0.717, 1.165) is 91.8 Å². The van der Waals surface area contributed by atoms with Gasteiger partial charge in [0.15, 0.2) is 0 Å². The molecule has 8 heteroatoms. The van der Waals surface area contributed by atoms with Gasteiger partial charge in [0.05, 0.1) is 47.4 Å². The Hall–Kier alpha value is -4.82. The molecule has 0 spiro atoms. The van der Waals surface area contributed by atoms with E-state index < -0.39 is 6.10 Å². The van der Waals surface area contributed by atoms with Gasteiger partial charge in [-0.1, -0.05) is 37.3 Å². The van der Waals surface area contributed by atoms with Crippen molar-refractivity contribution in [2.45, 2.75) is 72.8 Å². The molecule has 0 amide bonds. The molecule has 3 atom stereocenters. The summed E-state index contributed by atoms with van der Waals surface area (Å²) >= 11 is 0. The number of carbonyl (C=O) groups excluding carboxylic acids is 1. The minimum absolute atomic E-state index is 0.0205. The van der Waals surface area contributed by atoms with Crippen LogP contribution in [0.4, 0.5) is 0 Å². The number of aryl methyl sites for hydroxylation is 1. The van der Waals surface area contributed by atoms with Gasteiger partial charge < -0.3 is 20.3 Å². The Kier molecular flexibility index (Phi) is 8.16. The number of allylic oxidation sites excluding steroid dienone is 11. The van der Waals surface area contributed by atoms with E-state index in [1.165, 1.54) is 12.7 Å². The van der Waals surface area contributed by atoms with Gasteiger partial charge in [0.25, 0.3) is 0 Å². The number of methoxy groups -OCH3 is 1. The molecular weight excluding hydrogens is 600 g/mol. The van der Waals surface area contributed by atoms with Crippen LogP contribution in [0, 0.1) is 11.8 Å². The predicted octanol–water partition coefficient (Wildman–Crippen LogP) is 7.21. The Morgan fingerprint density at radius 2 is 1.71 bits per heavy atom. The van der Waals surface area contributed by atoms with Gasteiger partial charge in [0.2, 0.25) is 0 Å². The third-order valence-electron chi connectivity index (χ3n) is 10.6. The van der Waals surface area contributed by atoms with E-state index in [4.69, 9.17) is 19.7 Å². The highest BCUT2D eigenvalue weighted by Gasteiger charge is 2.41. The third-order valence-corrected chi connectivity index (χ3v) is 10.6. The number of aliphatic imine (C=N–C) groups is 3. The smallest absolute Gasteiger partial charge is 0.305 e. The molecule has 246 valence electrons. The fraction of sp³-hybridized carbons (Fsp3) is 0.350. The van der Waals surface area contributed by atoms with Crippen LogP contribution in [0.5, 0.6) is 0 Å². The first-order valence-corrected chi connectivity index (χ1v) is 16.8. The maximum atomic E-state index is 12.3. The molecule has 8 bridgehead atoms. The van der Waals surface area contributed by atoms with Gasteiger partial charge in [-0.15, -0.1) is 0 Å². The molecular formula is C40H42N4O4. The lowest BCUT2D eigenvalue weighted by Gasteiger charge is -2.17. The average molecular weight is 643 g/mol. The van der Waals surface area contributed by atoms with Crippen molar-refractivity contribution < 1.29 is 19.7 Å². The van der Waals surface area contributed by atoms with Crippen molar-refractivity contribution in [2.75, 3.05) is 7.11 Å². The number of benzene rings is 1. The van der Waals surface area contributed by atoms with E-state index >= 15 is 0 Å². The Morgan fingerprint density at radius 3 is 2.44 bits per heavy atom. The number of esters is 1. The summed E-state index contributed by atoms with van der Waals surface area (Å²) in [6.45, 7) is 10.1. The van der Waals surface area contributed by atoms with Crippen LogP contribution in [0.25, 0.3) is 0 Å². The largest absolute Gasteiger partial charge is 0.511 e. The minimum atomic E-state index is -0.721. The summed E-state index contributed by atoms with van der Waals surface area (Å²) in [6.07, 6.45) is 8.29. The molecule has 48 heavy (non-hydrogen) atoms. The summed E-state index contributed by atoms with van der Waals surface area (Å²) in [5.41, 5.74) is 14.5. The van der Waals surface area contributed by atoms with E-state index in [9.17, 15) is 15.0 Å². The molecule has 1 fully saturated rings. The third kappa shape index (κ3) is 5.38. The number of ether oxygens (including phenoxy) is 1. The van der Waals surface area contributed by atoms with Gasteiger partial charge in [-0.25, -0.2) is 15.0 Å². The van der Waals surface area contributed by atoms with E-state index in [-0.39, 0.29) is 24.2 Å².